The van der Waals surface area contributed by atoms with E-state index in [0.717, 1.165) is 0 Å². The average molecular weight is 334 g/mol. The van der Waals surface area contributed by atoms with Gasteiger partial charge >= 0.3 is 6.03 Å². The van der Waals surface area contributed by atoms with E-state index in [4.69, 9.17) is 4.84 Å². The number of likely N-dealkylation sites (N-methyl/N-ethyl adjacent to an activating group) is 1. The standard InChI is InChI=1S/C17H23N3O4/c1-5-17(13-9-7-6-8-10-13)14(21)18-16(23)19(15(17)22)24-12-11-20(2,3)4/h6-10H,5,11-12H2,1-4H3/p+1/t17-/m1/s1. The molecule has 0 bridgehead atoms. The van der Waals surface area contributed by atoms with Gasteiger partial charge in [0.25, 0.3) is 5.91 Å². The van der Waals surface area contributed by atoms with E-state index in [1.165, 1.54) is 0 Å². The van der Waals surface area contributed by atoms with Crippen LogP contribution < -0.4 is 5.32 Å². The first kappa shape index (κ1) is 18.1. The van der Waals surface area contributed by atoms with Crippen molar-refractivity contribution in [1.82, 2.24) is 10.4 Å². The molecule has 0 radical (unpaired) electrons. The number of urea groups is 1. The fourth-order valence-electron chi connectivity index (χ4n) is 2.63. The number of hydrogen-bond acceptors (Lipinski definition) is 4. The van der Waals surface area contributed by atoms with E-state index in [2.05, 4.69) is 5.32 Å². The minimum atomic E-state index is -1.45. The van der Waals surface area contributed by atoms with Gasteiger partial charge in [0.1, 0.15) is 13.2 Å². The van der Waals surface area contributed by atoms with Crippen molar-refractivity contribution in [3.05, 3.63) is 35.9 Å². The molecule has 7 nitrogen and oxygen atoms in total. The fraction of sp³-hybridized carbons (Fsp3) is 0.471. The minimum Gasteiger partial charge on any atom is -0.329 e. The second-order valence-electron chi connectivity index (χ2n) is 6.83. The maximum atomic E-state index is 13.0. The maximum Gasteiger partial charge on any atom is 0.355 e. The number of hydroxylamine groups is 2. The van der Waals surface area contributed by atoms with Gasteiger partial charge < -0.3 is 4.48 Å². The lowest BCUT2D eigenvalue weighted by molar-refractivity contribution is -0.871. The summed E-state index contributed by atoms with van der Waals surface area (Å²) in [5.41, 5.74) is -0.908. The van der Waals surface area contributed by atoms with E-state index in [1.807, 2.05) is 21.1 Å². The smallest absolute Gasteiger partial charge is 0.329 e. The van der Waals surface area contributed by atoms with Crippen LogP contribution in [0.4, 0.5) is 4.79 Å². The minimum absolute atomic E-state index is 0.186. The Balaban J connectivity index is 2.30. The van der Waals surface area contributed by atoms with Crippen molar-refractivity contribution in [2.45, 2.75) is 18.8 Å². The van der Waals surface area contributed by atoms with Gasteiger partial charge in [-0.2, -0.15) is 0 Å². The summed E-state index contributed by atoms with van der Waals surface area (Å²) in [6.45, 7) is 2.53. The van der Waals surface area contributed by atoms with E-state index >= 15 is 0 Å². The summed E-state index contributed by atoms with van der Waals surface area (Å²) in [6, 6.07) is 7.89. The Hall–Kier alpha value is -2.25. The molecule has 4 amide bonds. The number of benzene rings is 1. The Morgan fingerprint density at radius 2 is 1.75 bits per heavy atom. The molecule has 130 valence electrons. The van der Waals surface area contributed by atoms with Gasteiger partial charge in [-0.1, -0.05) is 37.3 Å². The number of barbiturate groups is 1. The Kier molecular flexibility index (Phi) is 5.05. The molecule has 1 saturated heterocycles. The molecule has 24 heavy (non-hydrogen) atoms. The van der Waals surface area contributed by atoms with Crippen molar-refractivity contribution >= 4 is 17.8 Å². The van der Waals surface area contributed by atoms with Gasteiger partial charge in [-0.05, 0) is 12.0 Å². The van der Waals surface area contributed by atoms with Crippen LogP contribution in [0.1, 0.15) is 18.9 Å². The molecule has 1 atom stereocenters. The van der Waals surface area contributed by atoms with Gasteiger partial charge in [-0.15, -0.1) is 5.06 Å². The number of amides is 4. The zero-order chi connectivity index (χ0) is 18.0. The van der Waals surface area contributed by atoms with Gasteiger partial charge in [0.2, 0.25) is 5.91 Å². The maximum absolute atomic E-state index is 13.0. The molecule has 1 N–H and O–H groups in total. The van der Waals surface area contributed by atoms with Crippen LogP contribution in [0.3, 0.4) is 0 Å². The van der Waals surface area contributed by atoms with Gasteiger partial charge in [0, 0.05) is 0 Å². The first-order valence-corrected chi connectivity index (χ1v) is 7.91. The molecule has 0 unspecified atom stereocenters. The molecule has 7 heteroatoms. The van der Waals surface area contributed by atoms with E-state index < -0.39 is 23.3 Å². The third-order valence-corrected chi connectivity index (χ3v) is 4.12. The fourth-order valence-corrected chi connectivity index (χ4v) is 2.63. The van der Waals surface area contributed by atoms with Crippen LogP contribution in [0.2, 0.25) is 0 Å². The molecular formula is C17H24N3O4+. The lowest BCUT2D eigenvalue weighted by atomic mass is 9.75. The SMILES string of the molecule is CC[C@@]1(c2ccccc2)C(=O)NC(=O)N(OCC[N+](C)(C)C)C1=O. The van der Waals surface area contributed by atoms with Crippen molar-refractivity contribution in [3.8, 4) is 0 Å². The molecule has 0 aromatic heterocycles. The zero-order valence-electron chi connectivity index (χ0n) is 14.5. The topological polar surface area (TPSA) is 75.7 Å². The molecule has 0 aliphatic carbocycles. The average Bonchev–Trinajstić information content (AvgIpc) is 2.51. The highest BCUT2D eigenvalue weighted by molar-refractivity contribution is 6.22. The molecule has 1 aliphatic heterocycles. The van der Waals surface area contributed by atoms with Gasteiger partial charge in [0.05, 0.1) is 21.1 Å². The summed E-state index contributed by atoms with van der Waals surface area (Å²) in [5, 5.41) is 2.93. The van der Waals surface area contributed by atoms with Crippen LogP contribution in [0.25, 0.3) is 0 Å². The summed E-state index contributed by atoms with van der Waals surface area (Å²) >= 11 is 0. The predicted octanol–water partition coefficient (Wildman–Crippen LogP) is 1.05. The van der Waals surface area contributed by atoms with Gasteiger partial charge in [-0.3, -0.25) is 19.7 Å². The Morgan fingerprint density at radius 3 is 2.29 bits per heavy atom. The Bertz CT molecular complexity index is 639. The molecular weight excluding hydrogens is 310 g/mol. The molecule has 0 spiro atoms. The molecule has 1 aromatic carbocycles. The highest BCUT2D eigenvalue weighted by Gasteiger charge is 2.54. The largest absolute Gasteiger partial charge is 0.355 e. The van der Waals surface area contributed by atoms with Crippen molar-refractivity contribution in [3.63, 3.8) is 0 Å². The lowest BCUT2D eigenvalue weighted by Gasteiger charge is -2.38. The molecule has 1 aliphatic rings. The van der Waals surface area contributed by atoms with Crippen molar-refractivity contribution in [1.29, 1.82) is 0 Å². The molecule has 2 rings (SSSR count). The van der Waals surface area contributed by atoms with Crippen LogP contribution in [0.15, 0.2) is 30.3 Å². The number of quaternary nitrogens is 1. The third kappa shape index (κ3) is 3.32. The molecule has 0 saturated carbocycles. The summed E-state index contributed by atoms with van der Waals surface area (Å²) < 4.78 is 0.625. The number of carbonyl (C=O) groups excluding carboxylic acids is 3. The molecule has 1 fully saturated rings. The Morgan fingerprint density at radius 1 is 1.12 bits per heavy atom. The normalized spacial score (nSPS) is 21.8. The molecule has 1 aromatic rings. The molecule has 1 heterocycles. The van der Waals surface area contributed by atoms with Crippen molar-refractivity contribution in [2.75, 3.05) is 34.3 Å². The van der Waals surface area contributed by atoms with Crippen molar-refractivity contribution in [2.24, 2.45) is 0 Å². The number of nitrogens with zero attached hydrogens (tertiary/aromatic N) is 2. The van der Waals surface area contributed by atoms with Crippen LogP contribution >= 0.6 is 0 Å². The van der Waals surface area contributed by atoms with E-state index in [0.29, 0.717) is 21.7 Å². The van der Waals surface area contributed by atoms with Crippen LogP contribution in [-0.4, -0.2) is 61.7 Å². The van der Waals surface area contributed by atoms with Crippen molar-refractivity contribution < 1.29 is 23.7 Å². The summed E-state index contributed by atoms with van der Waals surface area (Å²) in [6.07, 6.45) is 0.226. The summed E-state index contributed by atoms with van der Waals surface area (Å²) in [7, 11) is 5.93. The lowest BCUT2D eigenvalue weighted by Crippen LogP contribution is -2.65. The monoisotopic (exact) mass is 334 g/mol. The highest BCUT2D eigenvalue weighted by Crippen LogP contribution is 2.33. The van der Waals surface area contributed by atoms with Gasteiger partial charge in [0.15, 0.2) is 5.41 Å². The Labute approximate surface area is 141 Å². The van der Waals surface area contributed by atoms with E-state index in [1.54, 1.807) is 37.3 Å². The summed E-state index contributed by atoms with van der Waals surface area (Å²) in [5.74, 6) is -1.26. The zero-order valence-corrected chi connectivity index (χ0v) is 14.5. The van der Waals surface area contributed by atoms with Crippen LogP contribution in [0, 0.1) is 0 Å². The summed E-state index contributed by atoms with van der Waals surface area (Å²) in [4.78, 5) is 42.9. The number of nitrogens with one attached hydrogen (secondary N) is 1. The predicted molar refractivity (Wildman–Crippen MR) is 87.6 cm³/mol. The second kappa shape index (κ2) is 6.70. The highest BCUT2D eigenvalue weighted by atomic mass is 16.7. The number of rotatable bonds is 6. The number of imide groups is 2. The van der Waals surface area contributed by atoms with Gasteiger partial charge in [-0.25, -0.2) is 4.79 Å². The first-order valence-electron chi connectivity index (χ1n) is 7.91. The quantitative estimate of drug-likeness (QED) is 0.623. The number of carbonyl (C=O) groups is 3. The van der Waals surface area contributed by atoms with Crippen LogP contribution in [0.5, 0.6) is 0 Å². The van der Waals surface area contributed by atoms with E-state index in [9.17, 15) is 14.4 Å². The van der Waals surface area contributed by atoms with Crippen LogP contribution in [-0.2, 0) is 19.8 Å². The first-order chi connectivity index (χ1) is 11.2. The second-order valence-corrected chi connectivity index (χ2v) is 6.83. The number of hydrogen-bond donors (Lipinski definition) is 1. The third-order valence-electron chi connectivity index (χ3n) is 4.12. The van der Waals surface area contributed by atoms with E-state index in [-0.39, 0.29) is 13.0 Å².